The van der Waals surface area contributed by atoms with Crippen LogP contribution in [0.4, 0.5) is 0 Å². The average Bonchev–Trinajstić information content (AvgIpc) is 3.09. The van der Waals surface area contributed by atoms with Gasteiger partial charge in [0.25, 0.3) is 0 Å². The Bertz CT molecular complexity index is 552. The first-order valence-corrected chi connectivity index (χ1v) is 7.29. The maximum Gasteiger partial charge on any atom is 0.127 e. The van der Waals surface area contributed by atoms with E-state index in [2.05, 4.69) is 45.6 Å². The van der Waals surface area contributed by atoms with E-state index in [1.165, 1.54) is 12.1 Å². The van der Waals surface area contributed by atoms with Gasteiger partial charge in [-0.1, -0.05) is 18.2 Å². The van der Waals surface area contributed by atoms with Crippen molar-refractivity contribution >= 4 is 12.4 Å². The summed E-state index contributed by atoms with van der Waals surface area (Å²) in [6, 6.07) is 10.7. The minimum absolute atomic E-state index is 0. The molecular formula is C16H23ClN4. The summed E-state index contributed by atoms with van der Waals surface area (Å²) in [5, 5.41) is 0. The van der Waals surface area contributed by atoms with E-state index in [4.69, 9.17) is 5.73 Å². The molecule has 2 atom stereocenters. The Morgan fingerprint density at radius 2 is 2.10 bits per heavy atom. The van der Waals surface area contributed by atoms with Crippen LogP contribution in [0.5, 0.6) is 0 Å². The molecule has 2 heterocycles. The van der Waals surface area contributed by atoms with Crippen LogP contribution in [0.15, 0.2) is 42.7 Å². The van der Waals surface area contributed by atoms with Crippen molar-refractivity contribution in [3.05, 3.63) is 48.5 Å². The van der Waals surface area contributed by atoms with Gasteiger partial charge >= 0.3 is 0 Å². The number of halogens is 1. The first-order valence-electron chi connectivity index (χ1n) is 7.29. The lowest BCUT2D eigenvalue weighted by atomic mass is 10.0. The second kappa shape index (κ2) is 7.07. The Balaban J connectivity index is 0.00000161. The summed E-state index contributed by atoms with van der Waals surface area (Å²) < 4.78 is 2.17. The predicted molar refractivity (Wildman–Crippen MR) is 87.8 cm³/mol. The summed E-state index contributed by atoms with van der Waals surface area (Å²) in [5.41, 5.74) is 7.18. The van der Waals surface area contributed by atoms with Gasteiger partial charge in [-0.05, 0) is 37.9 Å². The highest BCUT2D eigenvalue weighted by Crippen LogP contribution is 2.21. The van der Waals surface area contributed by atoms with Crippen LogP contribution in [0.1, 0.15) is 19.2 Å². The van der Waals surface area contributed by atoms with E-state index in [1.807, 2.05) is 18.5 Å². The van der Waals surface area contributed by atoms with Gasteiger partial charge in [0.05, 0.1) is 6.54 Å². The van der Waals surface area contributed by atoms with Crippen LogP contribution in [-0.4, -0.2) is 33.6 Å². The lowest BCUT2D eigenvalue weighted by molar-refractivity contribution is 0.299. The summed E-state index contributed by atoms with van der Waals surface area (Å²) in [7, 11) is 0. The van der Waals surface area contributed by atoms with Crippen LogP contribution in [-0.2, 0) is 6.54 Å². The highest BCUT2D eigenvalue weighted by Gasteiger charge is 2.25. The number of likely N-dealkylation sites (tertiary alicyclic amines) is 1. The fourth-order valence-corrected chi connectivity index (χ4v) is 2.91. The second-order valence-corrected chi connectivity index (χ2v) is 5.69. The van der Waals surface area contributed by atoms with Crippen molar-refractivity contribution in [1.29, 1.82) is 0 Å². The molecule has 0 saturated carbocycles. The third-order valence-electron chi connectivity index (χ3n) is 4.17. The molecule has 0 spiro atoms. The molecule has 0 aliphatic carbocycles. The van der Waals surface area contributed by atoms with E-state index in [0.717, 1.165) is 25.5 Å². The van der Waals surface area contributed by atoms with Gasteiger partial charge < -0.3 is 10.3 Å². The normalized spacial score (nSPS) is 20.2. The maximum absolute atomic E-state index is 6.01. The third kappa shape index (κ3) is 3.64. The molecule has 1 fully saturated rings. The lowest BCUT2D eigenvalue weighted by Crippen LogP contribution is -2.30. The fourth-order valence-electron chi connectivity index (χ4n) is 2.91. The number of hydrogen-bond donors (Lipinski definition) is 1. The van der Waals surface area contributed by atoms with Gasteiger partial charge in [-0.3, -0.25) is 4.90 Å². The molecular weight excluding hydrogens is 284 g/mol. The molecule has 2 aromatic rings. The van der Waals surface area contributed by atoms with Gasteiger partial charge in [-0.15, -0.1) is 12.4 Å². The molecule has 21 heavy (non-hydrogen) atoms. The van der Waals surface area contributed by atoms with Crippen LogP contribution in [0.3, 0.4) is 0 Å². The van der Waals surface area contributed by atoms with Gasteiger partial charge in [0.2, 0.25) is 0 Å². The number of rotatable bonds is 4. The predicted octanol–water partition coefficient (Wildman–Crippen LogP) is 2.46. The highest BCUT2D eigenvalue weighted by atomic mass is 35.5. The number of aromatic nitrogens is 2. The van der Waals surface area contributed by atoms with Crippen molar-refractivity contribution in [2.75, 3.05) is 13.1 Å². The zero-order valence-electron chi connectivity index (χ0n) is 12.4. The molecule has 3 rings (SSSR count). The molecule has 114 valence electrons. The molecule has 1 aromatic heterocycles. The minimum Gasteiger partial charge on any atom is -0.328 e. The van der Waals surface area contributed by atoms with Crippen LogP contribution >= 0.6 is 12.4 Å². The summed E-state index contributed by atoms with van der Waals surface area (Å²) in [6.45, 7) is 5.21. The molecule has 0 radical (unpaired) electrons. The monoisotopic (exact) mass is 306 g/mol. The number of hydrogen-bond acceptors (Lipinski definition) is 3. The molecule has 2 unspecified atom stereocenters. The molecule has 0 bridgehead atoms. The molecule has 4 nitrogen and oxygen atoms in total. The summed E-state index contributed by atoms with van der Waals surface area (Å²) in [4.78, 5) is 6.97. The topological polar surface area (TPSA) is 47.1 Å². The first kappa shape index (κ1) is 16.0. The lowest BCUT2D eigenvalue weighted by Gasteiger charge is -2.18. The van der Waals surface area contributed by atoms with Crippen molar-refractivity contribution in [2.24, 2.45) is 11.7 Å². The van der Waals surface area contributed by atoms with E-state index in [0.29, 0.717) is 5.92 Å². The van der Waals surface area contributed by atoms with Gasteiger partial charge in [0.15, 0.2) is 0 Å². The Kier molecular flexibility index (Phi) is 5.39. The van der Waals surface area contributed by atoms with Gasteiger partial charge in [0.1, 0.15) is 5.82 Å². The molecule has 0 amide bonds. The highest BCUT2D eigenvalue weighted by molar-refractivity contribution is 5.85. The number of benzene rings is 1. The number of nitrogens with two attached hydrogens (primary N) is 1. The number of imidazole rings is 1. The minimum atomic E-state index is 0. The van der Waals surface area contributed by atoms with Crippen LogP contribution < -0.4 is 5.73 Å². The van der Waals surface area contributed by atoms with Crippen LogP contribution in [0.2, 0.25) is 0 Å². The molecule has 1 aliphatic heterocycles. The zero-order chi connectivity index (χ0) is 13.9. The Morgan fingerprint density at radius 1 is 1.33 bits per heavy atom. The van der Waals surface area contributed by atoms with Gasteiger partial charge in [0, 0.05) is 30.7 Å². The van der Waals surface area contributed by atoms with E-state index in [-0.39, 0.29) is 18.4 Å². The Hall–Kier alpha value is -1.36. The van der Waals surface area contributed by atoms with Gasteiger partial charge in [-0.25, -0.2) is 4.98 Å². The van der Waals surface area contributed by atoms with Crippen LogP contribution in [0, 0.1) is 5.92 Å². The molecule has 5 heteroatoms. The standard InChI is InChI=1S/C16H22N4.ClH/c1-13(17)14-7-9-19(11-14)12-16-18-8-10-20(16)15-5-3-2-4-6-15;/h2-6,8,10,13-14H,7,9,11-12,17H2,1H3;1H. The summed E-state index contributed by atoms with van der Waals surface area (Å²) in [6.07, 6.45) is 5.11. The molecule has 1 aliphatic rings. The summed E-state index contributed by atoms with van der Waals surface area (Å²) in [5.74, 6) is 1.72. The van der Waals surface area contributed by atoms with Crippen molar-refractivity contribution in [2.45, 2.75) is 25.9 Å². The summed E-state index contributed by atoms with van der Waals surface area (Å²) >= 11 is 0. The van der Waals surface area contributed by atoms with E-state index >= 15 is 0 Å². The smallest absolute Gasteiger partial charge is 0.127 e. The number of nitrogens with zero attached hydrogens (tertiary/aromatic N) is 3. The second-order valence-electron chi connectivity index (χ2n) is 5.69. The zero-order valence-corrected chi connectivity index (χ0v) is 13.2. The van der Waals surface area contributed by atoms with E-state index in [9.17, 15) is 0 Å². The molecule has 1 aromatic carbocycles. The Labute approximate surface area is 132 Å². The van der Waals surface area contributed by atoms with Crippen LogP contribution in [0.25, 0.3) is 5.69 Å². The van der Waals surface area contributed by atoms with Crippen molar-refractivity contribution in [1.82, 2.24) is 14.5 Å². The third-order valence-corrected chi connectivity index (χ3v) is 4.17. The van der Waals surface area contributed by atoms with E-state index < -0.39 is 0 Å². The quantitative estimate of drug-likeness (QED) is 0.944. The number of para-hydroxylation sites is 1. The van der Waals surface area contributed by atoms with Crippen molar-refractivity contribution < 1.29 is 0 Å². The van der Waals surface area contributed by atoms with Crippen molar-refractivity contribution in [3.63, 3.8) is 0 Å². The molecule has 2 N–H and O–H groups in total. The largest absolute Gasteiger partial charge is 0.328 e. The van der Waals surface area contributed by atoms with Gasteiger partial charge in [-0.2, -0.15) is 0 Å². The van der Waals surface area contributed by atoms with E-state index in [1.54, 1.807) is 0 Å². The SMILES string of the molecule is CC(N)C1CCN(Cc2nccn2-c2ccccc2)C1.Cl. The average molecular weight is 307 g/mol. The first-order chi connectivity index (χ1) is 9.74. The fraction of sp³-hybridized carbons (Fsp3) is 0.438. The van der Waals surface area contributed by atoms with Crippen molar-refractivity contribution in [3.8, 4) is 5.69 Å². The maximum atomic E-state index is 6.01. The Morgan fingerprint density at radius 3 is 2.76 bits per heavy atom. The molecule has 1 saturated heterocycles.